The molecular weight excluding hydrogens is 218 g/mol. The van der Waals surface area contributed by atoms with Crippen molar-refractivity contribution in [3.05, 3.63) is 24.3 Å². The molecule has 4 heteroatoms. The van der Waals surface area contributed by atoms with Crippen LogP contribution in [0.1, 0.15) is 27.7 Å². The Bertz CT molecular complexity index is 399. The average Bonchev–Trinajstić information content (AvgIpc) is 2.19. The quantitative estimate of drug-likeness (QED) is 0.826. The Labute approximate surface area is 102 Å². The summed E-state index contributed by atoms with van der Waals surface area (Å²) in [6.45, 7) is 7.08. The second kappa shape index (κ2) is 5.08. The summed E-state index contributed by atoms with van der Waals surface area (Å²) in [5.41, 5.74) is -0.343. The normalized spacial score (nSPS) is 11.4. The van der Waals surface area contributed by atoms with Crippen molar-refractivity contribution in [2.24, 2.45) is 0 Å². The molecule has 0 amide bonds. The zero-order valence-corrected chi connectivity index (χ0v) is 10.7. The molecule has 0 saturated carbocycles. The van der Waals surface area contributed by atoms with E-state index in [1.54, 1.807) is 13.8 Å². The first-order valence-electron chi connectivity index (χ1n) is 5.60. The summed E-state index contributed by atoms with van der Waals surface area (Å²) >= 11 is 0. The van der Waals surface area contributed by atoms with Gasteiger partial charge in [-0.3, -0.25) is 0 Å². The van der Waals surface area contributed by atoms with Gasteiger partial charge in [-0.1, -0.05) is 12.1 Å². The topological polar surface area (TPSA) is 58.6 Å². The van der Waals surface area contributed by atoms with Gasteiger partial charge in [-0.15, -0.1) is 0 Å². The molecule has 1 aromatic rings. The van der Waals surface area contributed by atoms with Crippen LogP contribution in [0.4, 0.5) is 5.69 Å². The van der Waals surface area contributed by atoms with Crippen molar-refractivity contribution in [2.75, 3.05) is 5.32 Å². The van der Waals surface area contributed by atoms with Crippen LogP contribution in [0.5, 0.6) is 5.75 Å². The van der Waals surface area contributed by atoms with Gasteiger partial charge in [-0.25, -0.2) is 4.79 Å². The van der Waals surface area contributed by atoms with Gasteiger partial charge in [0.25, 0.3) is 0 Å². The Morgan fingerprint density at radius 3 is 2.47 bits per heavy atom. The van der Waals surface area contributed by atoms with Gasteiger partial charge < -0.3 is 15.2 Å². The van der Waals surface area contributed by atoms with Crippen LogP contribution in [-0.4, -0.2) is 22.7 Å². The minimum absolute atomic E-state index is 0.0471. The fourth-order valence-electron chi connectivity index (χ4n) is 1.32. The molecule has 2 N–H and O–H groups in total. The van der Waals surface area contributed by atoms with Crippen LogP contribution < -0.4 is 10.1 Å². The number of benzene rings is 1. The summed E-state index contributed by atoms with van der Waals surface area (Å²) in [5.74, 6) is -0.242. The van der Waals surface area contributed by atoms with E-state index in [0.717, 1.165) is 0 Å². The van der Waals surface area contributed by atoms with Crippen molar-refractivity contribution >= 4 is 11.7 Å². The largest absolute Gasteiger partial charge is 0.489 e. The molecule has 0 saturated heterocycles. The number of ether oxygens (including phenoxy) is 1. The Hall–Kier alpha value is -1.71. The highest BCUT2D eigenvalue weighted by atomic mass is 16.5. The first kappa shape index (κ1) is 13.4. The number of aliphatic carboxylic acids is 1. The number of para-hydroxylation sites is 2. The molecule has 0 radical (unpaired) electrons. The standard InChI is InChI=1S/C13H19NO3/c1-9(2)17-11-8-6-5-7-10(11)14-13(3,4)12(15)16/h5-9,14H,1-4H3,(H,15,16). The first-order valence-corrected chi connectivity index (χ1v) is 5.60. The highest BCUT2D eigenvalue weighted by Gasteiger charge is 2.27. The fourth-order valence-corrected chi connectivity index (χ4v) is 1.32. The van der Waals surface area contributed by atoms with Gasteiger partial charge in [0.1, 0.15) is 11.3 Å². The molecule has 0 atom stereocenters. The Morgan fingerprint density at radius 2 is 1.94 bits per heavy atom. The van der Waals surface area contributed by atoms with Crippen LogP contribution in [0.25, 0.3) is 0 Å². The molecule has 1 rings (SSSR count). The summed E-state index contributed by atoms with van der Waals surface area (Å²) in [4.78, 5) is 11.1. The summed E-state index contributed by atoms with van der Waals surface area (Å²) in [6, 6.07) is 7.33. The van der Waals surface area contributed by atoms with Crippen molar-refractivity contribution in [1.29, 1.82) is 0 Å². The van der Waals surface area contributed by atoms with E-state index in [0.29, 0.717) is 11.4 Å². The number of carboxylic acid groups (broad SMARTS) is 1. The third-order valence-electron chi connectivity index (χ3n) is 2.23. The molecular formula is C13H19NO3. The van der Waals surface area contributed by atoms with E-state index in [4.69, 9.17) is 9.84 Å². The van der Waals surface area contributed by atoms with E-state index < -0.39 is 11.5 Å². The van der Waals surface area contributed by atoms with Crippen molar-refractivity contribution in [2.45, 2.75) is 39.3 Å². The number of hydrogen-bond donors (Lipinski definition) is 2. The molecule has 4 nitrogen and oxygen atoms in total. The summed E-state index contributed by atoms with van der Waals surface area (Å²) < 4.78 is 5.62. The van der Waals surface area contributed by atoms with Crippen LogP contribution in [0, 0.1) is 0 Å². The lowest BCUT2D eigenvalue weighted by atomic mass is 10.1. The Balaban J connectivity index is 2.94. The van der Waals surface area contributed by atoms with Crippen LogP contribution in [0.15, 0.2) is 24.3 Å². The number of anilines is 1. The zero-order chi connectivity index (χ0) is 13.1. The van der Waals surface area contributed by atoms with Crippen molar-refractivity contribution in [3.63, 3.8) is 0 Å². The first-order chi connectivity index (χ1) is 7.83. The lowest BCUT2D eigenvalue weighted by Gasteiger charge is -2.24. The number of nitrogens with one attached hydrogen (secondary N) is 1. The molecule has 0 aliphatic rings. The van der Waals surface area contributed by atoms with Crippen LogP contribution in [0.2, 0.25) is 0 Å². The van der Waals surface area contributed by atoms with Crippen LogP contribution >= 0.6 is 0 Å². The van der Waals surface area contributed by atoms with Crippen LogP contribution in [-0.2, 0) is 4.79 Å². The highest BCUT2D eigenvalue weighted by Crippen LogP contribution is 2.27. The molecule has 0 aliphatic heterocycles. The molecule has 0 unspecified atom stereocenters. The minimum Gasteiger partial charge on any atom is -0.489 e. The van der Waals surface area contributed by atoms with Crippen molar-refractivity contribution in [1.82, 2.24) is 0 Å². The fraction of sp³-hybridized carbons (Fsp3) is 0.462. The maximum Gasteiger partial charge on any atom is 0.328 e. The van der Waals surface area contributed by atoms with E-state index in [2.05, 4.69) is 5.32 Å². The van der Waals surface area contributed by atoms with Crippen LogP contribution in [0.3, 0.4) is 0 Å². The predicted molar refractivity (Wildman–Crippen MR) is 67.5 cm³/mol. The Kier molecular flexibility index (Phi) is 3.99. The maximum absolute atomic E-state index is 11.1. The second-order valence-electron chi connectivity index (χ2n) is 4.72. The summed E-state index contributed by atoms with van der Waals surface area (Å²) in [7, 11) is 0. The van der Waals surface area contributed by atoms with E-state index in [9.17, 15) is 4.79 Å². The van der Waals surface area contributed by atoms with Gasteiger partial charge in [0.05, 0.1) is 11.8 Å². The predicted octanol–water partition coefficient (Wildman–Crippen LogP) is 2.75. The minimum atomic E-state index is -1.03. The van der Waals surface area contributed by atoms with E-state index in [1.165, 1.54) is 0 Å². The van der Waals surface area contributed by atoms with E-state index in [1.807, 2.05) is 38.1 Å². The second-order valence-corrected chi connectivity index (χ2v) is 4.72. The molecule has 0 bridgehead atoms. The lowest BCUT2D eigenvalue weighted by Crippen LogP contribution is -2.40. The monoisotopic (exact) mass is 237 g/mol. The van der Waals surface area contributed by atoms with Gasteiger partial charge in [-0.2, -0.15) is 0 Å². The third kappa shape index (κ3) is 3.66. The average molecular weight is 237 g/mol. The highest BCUT2D eigenvalue weighted by molar-refractivity contribution is 5.82. The molecule has 0 fully saturated rings. The molecule has 0 spiro atoms. The van der Waals surface area contributed by atoms with Gasteiger partial charge in [-0.05, 0) is 39.8 Å². The number of rotatable bonds is 5. The number of carbonyl (C=O) groups is 1. The lowest BCUT2D eigenvalue weighted by molar-refractivity contribution is -0.141. The van der Waals surface area contributed by atoms with E-state index >= 15 is 0 Å². The van der Waals surface area contributed by atoms with E-state index in [-0.39, 0.29) is 6.10 Å². The molecule has 0 heterocycles. The van der Waals surface area contributed by atoms with Gasteiger partial charge >= 0.3 is 5.97 Å². The number of hydrogen-bond acceptors (Lipinski definition) is 3. The zero-order valence-electron chi connectivity index (χ0n) is 10.7. The maximum atomic E-state index is 11.1. The third-order valence-corrected chi connectivity index (χ3v) is 2.23. The van der Waals surface area contributed by atoms with Gasteiger partial charge in [0.2, 0.25) is 0 Å². The summed E-state index contributed by atoms with van der Waals surface area (Å²) in [6.07, 6.45) is 0.0471. The SMILES string of the molecule is CC(C)Oc1ccccc1NC(C)(C)C(=O)O. The summed E-state index contributed by atoms with van der Waals surface area (Å²) in [5, 5.41) is 12.0. The molecule has 0 aromatic heterocycles. The molecule has 17 heavy (non-hydrogen) atoms. The molecule has 1 aromatic carbocycles. The van der Waals surface area contributed by atoms with Gasteiger partial charge in [0.15, 0.2) is 0 Å². The number of carboxylic acids is 1. The Morgan fingerprint density at radius 1 is 1.35 bits per heavy atom. The van der Waals surface area contributed by atoms with Crippen molar-refractivity contribution < 1.29 is 14.6 Å². The van der Waals surface area contributed by atoms with Gasteiger partial charge in [0, 0.05) is 0 Å². The van der Waals surface area contributed by atoms with Crippen molar-refractivity contribution in [3.8, 4) is 5.75 Å². The molecule has 94 valence electrons. The molecule has 0 aliphatic carbocycles. The smallest absolute Gasteiger partial charge is 0.328 e.